The highest BCUT2D eigenvalue weighted by molar-refractivity contribution is 6.01. The molecule has 2 aromatic carbocycles. The monoisotopic (exact) mass is 339 g/mol. The summed E-state index contributed by atoms with van der Waals surface area (Å²) in [5, 5.41) is 10.4. The number of hydrogen-bond donors (Lipinski definition) is 1. The van der Waals surface area contributed by atoms with Gasteiger partial charge in [-0.05, 0) is 36.4 Å². The van der Waals surface area contributed by atoms with Gasteiger partial charge in [0.05, 0.1) is 7.11 Å². The normalized spacial score (nSPS) is 12.0. The molecule has 0 bridgehead atoms. The molecule has 1 aliphatic heterocycles. The van der Waals surface area contributed by atoms with E-state index in [4.69, 9.17) is 18.6 Å². The molecule has 0 saturated heterocycles. The van der Waals surface area contributed by atoms with E-state index in [9.17, 15) is 4.79 Å². The number of nitrogens with zero attached hydrogens (tertiary/aromatic N) is 2. The molecule has 0 radical (unpaired) electrons. The number of anilines is 1. The smallest absolute Gasteiger partial charge is 0.313 e. The van der Waals surface area contributed by atoms with Crippen molar-refractivity contribution < 1.29 is 23.4 Å². The molecule has 0 fully saturated rings. The van der Waals surface area contributed by atoms with Gasteiger partial charge in [0.25, 0.3) is 0 Å². The van der Waals surface area contributed by atoms with Crippen molar-refractivity contribution in [3.8, 4) is 28.7 Å². The zero-order valence-electron chi connectivity index (χ0n) is 13.2. The number of carbonyl (C=O) groups is 1. The number of rotatable bonds is 4. The number of fused-ring (bicyclic) bond motifs is 1. The summed E-state index contributed by atoms with van der Waals surface area (Å²) < 4.78 is 21.0. The van der Waals surface area contributed by atoms with Crippen molar-refractivity contribution in [3.05, 3.63) is 48.4 Å². The standard InChI is InChI=1S/C17H13N3O5/c1-22-12-5-2-10(3-6-12)16-19-20-17(25-16)15(21)18-11-4-7-13-14(8-11)24-9-23-13/h2-8H,9H2,1H3,(H,18,21). The predicted molar refractivity (Wildman–Crippen MR) is 86.8 cm³/mol. The van der Waals surface area contributed by atoms with E-state index in [0.717, 1.165) is 0 Å². The second kappa shape index (κ2) is 6.16. The summed E-state index contributed by atoms with van der Waals surface area (Å²) in [4.78, 5) is 12.3. The molecule has 1 aromatic heterocycles. The summed E-state index contributed by atoms with van der Waals surface area (Å²) in [7, 11) is 1.58. The van der Waals surface area contributed by atoms with Crippen molar-refractivity contribution in [1.29, 1.82) is 0 Å². The van der Waals surface area contributed by atoms with Crippen LogP contribution in [0.4, 0.5) is 5.69 Å². The number of ether oxygens (including phenoxy) is 3. The number of benzene rings is 2. The van der Waals surface area contributed by atoms with Crippen LogP contribution in [0.25, 0.3) is 11.5 Å². The van der Waals surface area contributed by atoms with Gasteiger partial charge in [-0.25, -0.2) is 0 Å². The molecule has 126 valence electrons. The first kappa shape index (κ1) is 15.0. The maximum absolute atomic E-state index is 12.3. The molecule has 25 heavy (non-hydrogen) atoms. The van der Waals surface area contributed by atoms with Crippen LogP contribution >= 0.6 is 0 Å². The summed E-state index contributed by atoms with van der Waals surface area (Å²) in [6.45, 7) is 0.168. The first-order valence-electron chi connectivity index (χ1n) is 7.42. The molecule has 0 spiro atoms. The molecule has 4 rings (SSSR count). The predicted octanol–water partition coefficient (Wildman–Crippen LogP) is 2.73. The van der Waals surface area contributed by atoms with Crippen LogP contribution in [0.3, 0.4) is 0 Å². The summed E-state index contributed by atoms with van der Waals surface area (Å²) in [6.07, 6.45) is 0. The lowest BCUT2D eigenvalue weighted by Crippen LogP contribution is -2.12. The lowest BCUT2D eigenvalue weighted by atomic mass is 10.2. The van der Waals surface area contributed by atoms with Crippen LogP contribution in [0.1, 0.15) is 10.7 Å². The van der Waals surface area contributed by atoms with Gasteiger partial charge in [-0.3, -0.25) is 4.79 Å². The fraction of sp³-hybridized carbons (Fsp3) is 0.118. The molecule has 8 heteroatoms. The summed E-state index contributed by atoms with van der Waals surface area (Å²) in [6, 6.07) is 12.2. The van der Waals surface area contributed by atoms with Gasteiger partial charge in [-0.1, -0.05) is 0 Å². The van der Waals surface area contributed by atoms with E-state index in [0.29, 0.717) is 28.5 Å². The van der Waals surface area contributed by atoms with E-state index in [1.54, 1.807) is 49.6 Å². The number of nitrogens with one attached hydrogen (secondary N) is 1. The molecule has 0 unspecified atom stereocenters. The molecule has 3 aromatic rings. The van der Waals surface area contributed by atoms with Crippen LogP contribution in [0.2, 0.25) is 0 Å². The van der Waals surface area contributed by atoms with Crippen molar-refractivity contribution in [2.75, 3.05) is 19.2 Å². The SMILES string of the molecule is COc1ccc(-c2nnc(C(=O)Nc3ccc4c(c3)OCO4)o2)cc1. The van der Waals surface area contributed by atoms with Gasteiger partial charge in [-0.2, -0.15) is 0 Å². The Labute approximate surface area is 142 Å². The average Bonchev–Trinajstić information content (AvgIpc) is 3.31. The summed E-state index contributed by atoms with van der Waals surface area (Å²) in [5.74, 6) is 1.52. The van der Waals surface area contributed by atoms with Crippen molar-refractivity contribution in [2.45, 2.75) is 0 Å². The number of hydrogen-bond acceptors (Lipinski definition) is 7. The van der Waals surface area contributed by atoms with Crippen LogP contribution in [0.15, 0.2) is 46.9 Å². The molecular weight excluding hydrogens is 326 g/mol. The Morgan fingerprint density at radius 3 is 2.68 bits per heavy atom. The zero-order valence-corrected chi connectivity index (χ0v) is 13.2. The summed E-state index contributed by atoms with van der Waals surface area (Å²) >= 11 is 0. The van der Waals surface area contributed by atoms with E-state index < -0.39 is 5.91 Å². The quantitative estimate of drug-likeness (QED) is 0.780. The molecule has 8 nitrogen and oxygen atoms in total. The minimum atomic E-state index is -0.508. The van der Waals surface area contributed by atoms with Gasteiger partial charge in [0.2, 0.25) is 12.7 Å². The van der Waals surface area contributed by atoms with Gasteiger partial charge in [0, 0.05) is 17.3 Å². The highest BCUT2D eigenvalue weighted by atomic mass is 16.7. The Morgan fingerprint density at radius 1 is 1.08 bits per heavy atom. The first-order chi connectivity index (χ1) is 12.2. The van der Waals surface area contributed by atoms with Crippen molar-refractivity contribution >= 4 is 11.6 Å². The van der Waals surface area contributed by atoms with Crippen LogP contribution in [0, 0.1) is 0 Å². The molecular formula is C17H13N3O5. The topological polar surface area (TPSA) is 95.7 Å². The van der Waals surface area contributed by atoms with Gasteiger partial charge in [0.15, 0.2) is 11.5 Å². The number of amides is 1. The summed E-state index contributed by atoms with van der Waals surface area (Å²) in [5.41, 5.74) is 1.23. The third-order valence-corrected chi connectivity index (χ3v) is 3.59. The minimum absolute atomic E-state index is 0.136. The van der Waals surface area contributed by atoms with E-state index in [1.807, 2.05) is 0 Å². The van der Waals surface area contributed by atoms with Crippen molar-refractivity contribution in [2.24, 2.45) is 0 Å². The molecule has 0 atom stereocenters. The van der Waals surface area contributed by atoms with Crippen LogP contribution in [0.5, 0.6) is 17.2 Å². The minimum Gasteiger partial charge on any atom is -0.497 e. The zero-order chi connectivity index (χ0) is 17.2. The fourth-order valence-corrected chi connectivity index (χ4v) is 2.32. The maximum Gasteiger partial charge on any atom is 0.313 e. The number of aromatic nitrogens is 2. The maximum atomic E-state index is 12.3. The Balaban J connectivity index is 1.50. The molecule has 0 aliphatic carbocycles. The molecule has 0 saturated carbocycles. The molecule has 1 aliphatic rings. The Bertz CT molecular complexity index is 920. The lowest BCUT2D eigenvalue weighted by Gasteiger charge is -2.03. The second-order valence-electron chi connectivity index (χ2n) is 5.16. The van der Waals surface area contributed by atoms with Gasteiger partial charge in [-0.15, -0.1) is 10.2 Å². The second-order valence-corrected chi connectivity index (χ2v) is 5.16. The van der Waals surface area contributed by atoms with E-state index in [-0.39, 0.29) is 18.6 Å². The van der Waals surface area contributed by atoms with Gasteiger partial charge in [0.1, 0.15) is 5.75 Å². The Hall–Kier alpha value is -3.55. The average molecular weight is 339 g/mol. The third kappa shape index (κ3) is 2.97. The third-order valence-electron chi connectivity index (χ3n) is 3.59. The Kier molecular flexibility index (Phi) is 3.70. The van der Waals surface area contributed by atoms with E-state index >= 15 is 0 Å². The molecule has 1 N–H and O–H groups in total. The highest BCUT2D eigenvalue weighted by Gasteiger charge is 2.18. The van der Waals surface area contributed by atoms with Gasteiger partial charge >= 0.3 is 11.8 Å². The van der Waals surface area contributed by atoms with Crippen molar-refractivity contribution in [3.63, 3.8) is 0 Å². The highest BCUT2D eigenvalue weighted by Crippen LogP contribution is 2.34. The van der Waals surface area contributed by atoms with Crippen LogP contribution < -0.4 is 19.5 Å². The Morgan fingerprint density at radius 2 is 1.88 bits per heavy atom. The van der Waals surface area contributed by atoms with E-state index in [2.05, 4.69) is 15.5 Å². The first-order valence-corrected chi connectivity index (χ1v) is 7.42. The van der Waals surface area contributed by atoms with Crippen molar-refractivity contribution in [1.82, 2.24) is 10.2 Å². The molecule has 1 amide bonds. The number of methoxy groups -OCH3 is 1. The van der Waals surface area contributed by atoms with Gasteiger partial charge < -0.3 is 23.9 Å². The van der Waals surface area contributed by atoms with E-state index in [1.165, 1.54) is 0 Å². The fourth-order valence-electron chi connectivity index (χ4n) is 2.32. The molecule has 2 heterocycles. The van der Waals surface area contributed by atoms with Crippen LogP contribution in [-0.4, -0.2) is 30.0 Å². The largest absolute Gasteiger partial charge is 0.497 e. The lowest BCUT2D eigenvalue weighted by molar-refractivity contribution is 0.0991. The van der Waals surface area contributed by atoms with Crippen LogP contribution in [-0.2, 0) is 0 Å². The number of carbonyl (C=O) groups excluding carboxylic acids is 1.